The van der Waals surface area contributed by atoms with Crippen LogP contribution in [0, 0.1) is 5.82 Å². The molecule has 1 N–H and O–H groups in total. The normalized spacial score (nSPS) is 11.0. The molecular weight excluding hydrogens is 413 g/mol. The summed E-state index contributed by atoms with van der Waals surface area (Å²) in [7, 11) is 0. The molecule has 0 atom stereocenters. The molecule has 1 amide bonds. The Morgan fingerprint density at radius 2 is 1.91 bits per heavy atom. The van der Waals surface area contributed by atoms with Gasteiger partial charge in [-0.15, -0.1) is 15.3 Å². The van der Waals surface area contributed by atoms with Crippen LogP contribution in [-0.4, -0.2) is 48.8 Å². The number of hydrogen-bond donors (Lipinski definition) is 1. The summed E-state index contributed by atoms with van der Waals surface area (Å²) in [6.07, 6.45) is 1.44. The lowest BCUT2D eigenvalue weighted by Gasteiger charge is -2.08. The van der Waals surface area contributed by atoms with Gasteiger partial charge in [0.15, 0.2) is 11.5 Å². The van der Waals surface area contributed by atoms with Crippen LogP contribution in [0.25, 0.3) is 28.1 Å². The van der Waals surface area contributed by atoms with Crippen molar-refractivity contribution >= 4 is 22.6 Å². The van der Waals surface area contributed by atoms with Gasteiger partial charge in [0.2, 0.25) is 5.88 Å². The summed E-state index contributed by atoms with van der Waals surface area (Å²) in [5.41, 5.74) is 2.65. The second-order valence-corrected chi connectivity index (χ2v) is 6.82. The number of fused-ring (bicyclic) bond motifs is 2. The van der Waals surface area contributed by atoms with Crippen LogP contribution in [0.2, 0.25) is 0 Å². The molecule has 0 unspecified atom stereocenters. The molecule has 0 fully saturated rings. The van der Waals surface area contributed by atoms with E-state index >= 15 is 0 Å². The number of nitrogens with one attached hydrogen (secondary N) is 1. The number of aromatic nitrogens is 6. The van der Waals surface area contributed by atoms with Crippen LogP contribution in [0.4, 0.5) is 4.39 Å². The second kappa shape index (κ2) is 8.34. The van der Waals surface area contributed by atoms with Crippen molar-refractivity contribution in [1.29, 1.82) is 0 Å². The molecule has 10 heteroatoms. The van der Waals surface area contributed by atoms with Crippen LogP contribution in [-0.2, 0) is 0 Å². The number of halogens is 1. The molecule has 5 rings (SSSR count). The smallest absolute Gasteiger partial charge is 0.271 e. The first-order valence-electron chi connectivity index (χ1n) is 9.78. The highest BCUT2D eigenvalue weighted by Crippen LogP contribution is 2.19. The van der Waals surface area contributed by atoms with Crippen molar-refractivity contribution in [2.45, 2.75) is 0 Å². The summed E-state index contributed by atoms with van der Waals surface area (Å²) < 4.78 is 20.7. The Morgan fingerprint density at radius 3 is 2.78 bits per heavy atom. The molecule has 5 aromatic rings. The number of rotatable bonds is 6. The maximum Gasteiger partial charge on any atom is 0.271 e. The highest BCUT2D eigenvalue weighted by molar-refractivity contribution is 5.93. The summed E-state index contributed by atoms with van der Waals surface area (Å²) in [6.45, 7) is 0.425. The quantitative estimate of drug-likeness (QED) is 0.414. The molecule has 3 aromatic heterocycles. The first-order valence-corrected chi connectivity index (χ1v) is 9.78. The molecule has 0 spiro atoms. The van der Waals surface area contributed by atoms with Gasteiger partial charge in [0.05, 0.1) is 23.8 Å². The summed E-state index contributed by atoms with van der Waals surface area (Å²) in [5.74, 6) is -0.0104. The summed E-state index contributed by atoms with van der Waals surface area (Å²) in [6, 6.07) is 16.7. The van der Waals surface area contributed by atoms with E-state index in [2.05, 4.69) is 30.6 Å². The van der Waals surface area contributed by atoms with Gasteiger partial charge >= 0.3 is 0 Å². The largest absolute Gasteiger partial charge is 0.475 e. The van der Waals surface area contributed by atoms with Crippen LogP contribution in [0.5, 0.6) is 5.88 Å². The Bertz CT molecular complexity index is 1440. The minimum atomic E-state index is -0.376. The highest BCUT2D eigenvalue weighted by atomic mass is 19.1. The SMILES string of the molecule is O=C(NCCOc1ccc2nnc(-c3cccc(F)c3)n2n1)c1cnc2ccccc2n1. The monoisotopic (exact) mass is 429 g/mol. The van der Waals surface area contributed by atoms with E-state index in [1.54, 1.807) is 30.3 Å². The predicted molar refractivity (Wildman–Crippen MR) is 114 cm³/mol. The van der Waals surface area contributed by atoms with Crippen molar-refractivity contribution in [2.75, 3.05) is 13.2 Å². The van der Waals surface area contributed by atoms with Gasteiger partial charge in [0.25, 0.3) is 5.91 Å². The van der Waals surface area contributed by atoms with Gasteiger partial charge < -0.3 is 10.1 Å². The van der Waals surface area contributed by atoms with Gasteiger partial charge in [-0.25, -0.2) is 9.37 Å². The highest BCUT2D eigenvalue weighted by Gasteiger charge is 2.12. The molecule has 0 radical (unpaired) electrons. The number of para-hydroxylation sites is 2. The standard InChI is InChI=1S/C22H16FN7O2/c23-15-5-3-4-14(12-15)21-28-27-19-8-9-20(29-30(19)21)32-11-10-24-22(31)18-13-25-16-6-1-2-7-17(16)26-18/h1-9,12-13H,10-11H2,(H,24,31). The minimum Gasteiger partial charge on any atom is -0.475 e. The molecule has 0 aliphatic heterocycles. The van der Waals surface area contributed by atoms with E-state index in [4.69, 9.17) is 4.74 Å². The van der Waals surface area contributed by atoms with Crippen LogP contribution in [0.1, 0.15) is 10.5 Å². The zero-order valence-electron chi connectivity index (χ0n) is 16.6. The topological polar surface area (TPSA) is 107 Å². The first kappa shape index (κ1) is 19.5. The van der Waals surface area contributed by atoms with Crippen LogP contribution < -0.4 is 10.1 Å². The van der Waals surface area contributed by atoms with E-state index in [0.717, 1.165) is 5.52 Å². The lowest BCUT2D eigenvalue weighted by molar-refractivity contribution is 0.0941. The summed E-state index contributed by atoms with van der Waals surface area (Å²) >= 11 is 0. The van der Waals surface area contributed by atoms with Gasteiger partial charge in [-0.2, -0.15) is 4.52 Å². The number of carbonyl (C=O) groups excluding carboxylic acids is 1. The Morgan fingerprint density at radius 1 is 1.03 bits per heavy atom. The molecule has 0 saturated heterocycles. The molecule has 158 valence electrons. The zero-order chi connectivity index (χ0) is 21.9. The van der Waals surface area contributed by atoms with E-state index in [1.807, 2.05) is 18.2 Å². The number of nitrogens with zero attached hydrogens (tertiary/aromatic N) is 6. The van der Waals surface area contributed by atoms with Crippen LogP contribution >= 0.6 is 0 Å². The fraction of sp³-hybridized carbons (Fsp3) is 0.0909. The fourth-order valence-corrected chi connectivity index (χ4v) is 3.13. The van der Waals surface area contributed by atoms with Crippen molar-refractivity contribution in [3.63, 3.8) is 0 Å². The average molecular weight is 429 g/mol. The van der Waals surface area contributed by atoms with Crippen molar-refractivity contribution < 1.29 is 13.9 Å². The van der Waals surface area contributed by atoms with Crippen molar-refractivity contribution in [2.24, 2.45) is 0 Å². The molecule has 0 saturated carbocycles. The van der Waals surface area contributed by atoms with Gasteiger partial charge in [0, 0.05) is 11.6 Å². The van der Waals surface area contributed by atoms with Crippen molar-refractivity contribution in [3.05, 3.63) is 78.4 Å². The Labute approximate surface area is 180 Å². The zero-order valence-corrected chi connectivity index (χ0v) is 16.6. The third-order valence-electron chi connectivity index (χ3n) is 4.64. The summed E-state index contributed by atoms with van der Waals surface area (Å²) in [5, 5.41) is 15.2. The number of carbonyl (C=O) groups is 1. The molecule has 0 aliphatic rings. The van der Waals surface area contributed by atoms with Gasteiger partial charge in [-0.1, -0.05) is 24.3 Å². The number of benzene rings is 2. The Hall–Kier alpha value is -4.47. The lowest BCUT2D eigenvalue weighted by atomic mass is 10.2. The van der Waals surface area contributed by atoms with Crippen molar-refractivity contribution in [1.82, 2.24) is 35.1 Å². The molecule has 0 bridgehead atoms. The maximum absolute atomic E-state index is 13.6. The van der Waals surface area contributed by atoms with Crippen LogP contribution in [0.3, 0.4) is 0 Å². The molecule has 32 heavy (non-hydrogen) atoms. The number of hydrogen-bond acceptors (Lipinski definition) is 7. The third kappa shape index (κ3) is 3.93. The first-order chi connectivity index (χ1) is 15.7. The maximum atomic E-state index is 13.6. The third-order valence-corrected chi connectivity index (χ3v) is 4.64. The second-order valence-electron chi connectivity index (χ2n) is 6.82. The van der Waals surface area contributed by atoms with E-state index in [0.29, 0.717) is 28.4 Å². The molecule has 3 heterocycles. The minimum absolute atomic E-state index is 0.183. The molecule has 9 nitrogen and oxygen atoms in total. The summed E-state index contributed by atoms with van der Waals surface area (Å²) in [4.78, 5) is 20.9. The number of ether oxygens (including phenoxy) is 1. The van der Waals surface area contributed by atoms with E-state index in [9.17, 15) is 9.18 Å². The number of amides is 1. The molecule has 0 aliphatic carbocycles. The molecular formula is C22H16FN7O2. The fourth-order valence-electron chi connectivity index (χ4n) is 3.13. The van der Waals surface area contributed by atoms with Gasteiger partial charge in [-0.05, 0) is 30.3 Å². The Kier molecular flexibility index (Phi) is 5.08. The Balaban J connectivity index is 1.23. The predicted octanol–water partition coefficient (Wildman–Crippen LogP) is 2.68. The molecule has 2 aromatic carbocycles. The van der Waals surface area contributed by atoms with Gasteiger partial charge in [-0.3, -0.25) is 9.78 Å². The van der Waals surface area contributed by atoms with Crippen molar-refractivity contribution in [3.8, 4) is 17.3 Å². The van der Waals surface area contributed by atoms with E-state index < -0.39 is 0 Å². The lowest BCUT2D eigenvalue weighted by Crippen LogP contribution is -2.29. The van der Waals surface area contributed by atoms with E-state index in [-0.39, 0.29) is 30.6 Å². The average Bonchev–Trinajstić information content (AvgIpc) is 3.25. The van der Waals surface area contributed by atoms with E-state index in [1.165, 1.54) is 22.8 Å². The van der Waals surface area contributed by atoms with Gasteiger partial charge in [0.1, 0.15) is 18.1 Å². The van der Waals surface area contributed by atoms with Crippen LogP contribution in [0.15, 0.2) is 66.9 Å².